The maximum Gasteiger partial charge on any atom is -0.0202 e. The second kappa shape index (κ2) is 3.49. The monoisotopic (exact) mass is 270 g/mol. The molecule has 0 nitrogen and oxygen atoms in total. The van der Waals surface area contributed by atoms with Gasteiger partial charge in [0, 0.05) is 0 Å². The maximum atomic E-state index is 2.47. The van der Waals surface area contributed by atoms with E-state index in [9.17, 15) is 0 Å². The van der Waals surface area contributed by atoms with Gasteiger partial charge in [-0.05, 0) is 90.8 Å². The molecule has 0 heteroatoms. The van der Waals surface area contributed by atoms with Crippen molar-refractivity contribution in [3.05, 3.63) is 0 Å². The summed E-state index contributed by atoms with van der Waals surface area (Å²) in [6.45, 7) is 2.47. The highest BCUT2D eigenvalue weighted by atomic mass is 14.8. The van der Waals surface area contributed by atoms with E-state index in [1.54, 1.807) is 51.4 Å². The van der Waals surface area contributed by atoms with Crippen LogP contribution in [-0.4, -0.2) is 0 Å². The second-order valence-corrected chi connectivity index (χ2v) is 9.71. The maximum absolute atomic E-state index is 2.47. The summed E-state index contributed by atoms with van der Waals surface area (Å²) >= 11 is 0. The number of hydrogen-bond donors (Lipinski definition) is 0. The minimum atomic E-state index is 0.935. The average Bonchev–Trinajstić information content (AvgIpc) is 3.24. The van der Waals surface area contributed by atoms with Crippen molar-refractivity contribution in [2.45, 2.75) is 64.7 Å². The summed E-state index contributed by atoms with van der Waals surface area (Å²) in [5, 5.41) is 0. The van der Waals surface area contributed by atoms with Gasteiger partial charge in [0.2, 0.25) is 0 Å². The van der Waals surface area contributed by atoms with E-state index in [0.717, 1.165) is 11.3 Å². The van der Waals surface area contributed by atoms with Gasteiger partial charge in [-0.3, -0.25) is 0 Å². The van der Waals surface area contributed by atoms with E-state index >= 15 is 0 Å². The van der Waals surface area contributed by atoms with Crippen LogP contribution in [0, 0.1) is 58.7 Å². The summed E-state index contributed by atoms with van der Waals surface area (Å²) < 4.78 is 0. The average molecular weight is 270 g/mol. The molecule has 0 N–H and O–H groups in total. The number of hydrogen-bond acceptors (Lipinski definition) is 0. The van der Waals surface area contributed by atoms with Crippen molar-refractivity contribution < 1.29 is 0 Å². The molecule has 1 spiro atoms. The molecule has 7 saturated carbocycles. The van der Waals surface area contributed by atoms with E-state index in [1.165, 1.54) is 53.8 Å². The summed E-state index contributed by atoms with van der Waals surface area (Å²) in [7, 11) is 0. The van der Waals surface area contributed by atoms with Gasteiger partial charge < -0.3 is 0 Å². The van der Waals surface area contributed by atoms with Crippen molar-refractivity contribution in [3.63, 3.8) is 0 Å². The zero-order valence-corrected chi connectivity index (χ0v) is 13.1. The standard InChI is InChI=1S/C20H30/c1-2-14-9-17-15-7-12(6-5-11-3-4-11)18-13-8-16(18)19(15)20(14,17)10-13/h11-19H,2-10H2,1H3. The second-order valence-electron chi connectivity index (χ2n) is 9.71. The molecule has 0 aromatic heterocycles. The topological polar surface area (TPSA) is 0 Å². The lowest BCUT2D eigenvalue weighted by Gasteiger charge is -2.85. The molecule has 20 heavy (non-hydrogen) atoms. The minimum Gasteiger partial charge on any atom is -0.0651 e. The SMILES string of the molecule is CCC1CC2C3CC(CCC4CC4)C4C5CC4C3C12C5. The first-order chi connectivity index (χ1) is 9.83. The van der Waals surface area contributed by atoms with E-state index in [4.69, 9.17) is 0 Å². The molecule has 7 rings (SSSR count). The smallest absolute Gasteiger partial charge is 0.0202 e. The van der Waals surface area contributed by atoms with Crippen LogP contribution in [-0.2, 0) is 0 Å². The van der Waals surface area contributed by atoms with Crippen LogP contribution in [0.25, 0.3) is 0 Å². The summed E-state index contributed by atoms with van der Waals surface area (Å²) in [6.07, 6.45) is 14.5. The first-order valence-electron chi connectivity index (χ1n) is 9.83. The molecule has 7 fully saturated rings. The highest BCUT2D eigenvalue weighted by molar-refractivity contribution is 5.27. The quantitative estimate of drug-likeness (QED) is 0.664. The molecule has 0 aliphatic heterocycles. The molecule has 0 saturated heterocycles. The first kappa shape index (κ1) is 11.6. The van der Waals surface area contributed by atoms with Crippen LogP contribution in [0.2, 0.25) is 0 Å². The number of rotatable bonds is 4. The molecular formula is C20H30. The Hall–Kier alpha value is 0. The Morgan fingerprint density at radius 2 is 1.90 bits per heavy atom. The third kappa shape index (κ3) is 1.09. The van der Waals surface area contributed by atoms with Crippen LogP contribution >= 0.6 is 0 Å². The van der Waals surface area contributed by atoms with Gasteiger partial charge in [-0.15, -0.1) is 0 Å². The fourth-order valence-electron chi connectivity index (χ4n) is 8.82. The van der Waals surface area contributed by atoms with Crippen LogP contribution in [0.4, 0.5) is 0 Å². The molecule has 7 aliphatic rings. The Kier molecular flexibility index (Phi) is 2.02. The molecule has 9 atom stereocenters. The molecule has 0 aromatic rings. The molecule has 4 bridgehead atoms. The fraction of sp³-hybridized carbons (Fsp3) is 1.00. The zero-order valence-electron chi connectivity index (χ0n) is 13.1. The predicted octanol–water partition coefficient (Wildman–Crippen LogP) is 5.13. The summed E-state index contributed by atoms with van der Waals surface area (Å²) in [4.78, 5) is 0. The van der Waals surface area contributed by atoms with Crippen LogP contribution in [0.1, 0.15) is 64.7 Å². The van der Waals surface area contributed by atoms with Crippen molar-refractivity contribution in [1.82, 2.24) is 0 Å². The van der Waals surface area contributed by atoms with Crippen molar-refractivity contribution in [2.24, 2.45) is 58.7 Å². The fourth-order valence-corrected chi connectivity index (χ4v) is 8.82. The normalized spacial score (nSPS) is 64.7. The van der Waals surface area contributed by atoms with Crippen LogP contribution in [0.5, 0.6) is 0 Å². The number of fused-ring (bicyclic) bond motifs is 1. The van der Waals surface area contributed by atoms with Crippen molar-refractivity contribution in [1.29, 1.82) is 0 Å². The molecule has 9 unspecified atom stereocenters. The van der Waals surface area contributed by atoms with Gasteiger partial charge in [0.15, 0.2) is 0 Å². The Balaban J connectivity index is 1.27. The van der Waals surface area contributed by atoms with Crippen molar-refractivity contribution in [3.8, 4) is 0 Å². The Morgan fingerprint density at radius 1 is 1.00 bits per heavy atom. The van der Waals surface area contributed by atoms with E-state index in [1.807, 2.05) is 0 Å². The minimum absolute atomic E-state index is 0.935. The largest absolute Gasteiger partial charge is 0.0651 e. The van der Waals surface area contributed by atoms with Crippen molar-refractivity contribution in [2.75, 3.05) is 0 Å². The lowest BCUT2D eigenvalue weighted by atomic mass is 9.20. The van der Waals surface area contributed by atoms with Gasteiger partial charge in [-0.1, -0.05) is 32.6 Å². The molecule has 0 radical (unpaired) electrons. The predicted molar refractivity (Wildman–Crippen MR) is 81.1 cm³/mol. The Bertz CT molecular complexity index is 447. The molecule has 7 aliphatic carbocycles. The third-order valence-electron chi connectivity index (χ3n) is 9.53. The van der Waals surface area contributed by atoms with E-state index in [-0.39, 0.29) is 0 Å². The summed E-state index contributed by atoms with van der Waals surface area (Å²) in [5.74, 6) is 10.8. The lowest BCUT2D eigenvalue weighted by Crippen LogP contribution is -2.79. The van der Waals surface area contributed by atoms with Gasteiger partial charge in [0.25, 0.3) is 0 Å². The molecule has 0 heterocycles. The van der Waals surface area contributed by atoms with E-state index in [0.29, 0.717) is 0 Å². The Labute approximate surface area is 124 Å². The van der Waals surface area contributed by atoms with Gasteiger partial charge in [0.1, 0.15) is 0 Å². The zero-order chi connectivity index (χ0) is 13.1. The lowest BCUT2D eigenvalue weighted by molar-refractivity contribution is -0.367. The van der Waals surface area contributed by atoms with Crippen LogP contribution < -0.4 is 0 Å². The first-order valence-corrected chi connectivity index (χ1v) is 9.83. The highest BCUT2D eigenvalue weighted by Crippen LogP contribution is 2.85. The van der Waals surface area contributed by atoms with Crippen LogP contribution in [0.15, 0.2) is 0 Å². The molecule has 0 aromatic carbocycles. The highest BCUT2D eigenvalue weighted by Gasteiger charge is 2.79. The van der Waals surface area contributed by atoms with E-state index in [2.05, 4.69) is 6.92 Å². The van der Waals surface area contributed by atoms with Gasteiger partial charge >= 0.3 is 0 Å². The molecule has 0 amide bonds. The van der Waals surface area contributed by atoms with E-state index < -0.39 is 0 Å². The summed E-state index contributed by atoms with van der Waals surface area (Å²) in [6, 6.07) is 0. The molecular weight excluding hydrogens is 240 g/mol. The van der Waals surface area contributed by atoms with Crippen molar-refractivity contribution >= 4 is 0 Å². The Morgan fingerprint density at radius 3 is 2.70 bits per heavy atom. The van der Waals surface area contributed by atoms with Crippen LogP contribution in [0.3, 0.4) is 0 Å². The third-order valence-corrected chi connectivity index (χ3v) is 9.53. The van der Waals surface area contributed by atoms with Gasteiger partial charge in [0.05, 0.1) is 0 Å². The van der Waals surface area contributed by atoms with Gasteiger partial charge in [-0.25, -0.2) is 0 Å². The molecule has 110 valence electrons. The van der Waals surface area contributed by atoms with Gasteiger partial charge in [-0.2, -0.15) is 0 Å². The summed E-state index contributed by atoms with van der Waals surface area (Å²) in [5.41, 5.74) is 0.935.